The maximum absolute atomic E-state index is 12.8. The summed E-state index contributed by atoms with van der Waals surface area (Å²) in [5.41, 5.74) is 1.54. The number of aromatic nitrogens is 1. The second kappa shape index (κ2) is 10.2. The summed E-state index contributed by atoms with van der Waals surface area (Å²) in [5, 5.41) is 5.76. The van der Waals surface area contributed by atoms with Crippen LogP contribution in [0.2, 0.25) is 15.1 Å². The molecule has 0 saturated carbocycles. The molecule has 10 heteroatoms. The van der Waals surface area contributed by atoms with Crippen molar-refractivity contribution in [2.24, 2.45) is 0 Å². The number of hydrogen-bond donors (Lipinski definition) is 2. The summed E-state index contributed by atoms with van der Waals surface area (Å²) < 4.78 is 5.13. The number of nitrogens with one attached hydrogen (secondary N) is 2. The summed E-state index contributed by atoms with van der Waals surface area (Å²) in [6, 6.07) is 10.8. The molecule has 0 radical (unpaired) electrons. The van der Waals surface area contributed by atoms with Gasteiger partial charge in [-0.2, -0.15) is 0 Å². The summed E-state index contributed by atoms with van der Waals surface area (Å²) in [7, 11) is 0. The van der Waals surface area contributed by atoms with Gasteiger partial charge in [0, 0.05) is 17.0 Å². The monoisotopic (exact) mass is 493 g/mol. The smallest absolute Gasteiger partial charge is 0.339 e. The van der Waals surface area contributed by atoms with Gasteiger partial charge in [-0.1, -0.05) is 53.0 Å². The molecule has 0 saturated heterocycles. The number of rotatable bonds is 5. The Kier molecular flexibility index (Phi) is 7.56. The molecule has 7 nitrogen and oxygen atoms in total. The van der Waals surface area contributed by atoms with E-state index < -0.39 is 24.5 Å². The normalized spacial score (nSPS) is 10.8. The van der Waals surface area contributed by atoms with Crippen molar-refractivity contribution in [2.75, 3.05) is 6.61 Å². The van der Waals surface area contributed by atoms with Gasteiger partial charge in [0.05, 0.1) is 31.8 Å². The summed E-state index contributed by atoms with van der Waals surface area (Å²) in [6.45, 7) is 2.86. The molecule has 3 rings (SSSR count). The second-order valence-electron chi connectivity index (χ2n) is 7.05. The molecule has 0 aliphatic rings. The fourth-order valence-electron chi connectivity index (χ4n) is 2.88. The SMILES string of the molecule is CC(C)NC(=O)NC(=O)COC(=O)c1cc(-c2ccc(Cl)c(Cl)c2Cl)nc2ccccc12. The summed E-state index contributed by atoms with van der Waals surface area (Å²) in [4.78, 5) is 40.9. The van der Waals surface area contributed by atoms with Crippen molar-refractivity contribution in [2.45, 2.75) is 19.9 Å². The van der Waals surface area contributed by atoms with Crippen LogP contribution in [-0.4, -0.2) is 35.5 Å². The molecule has 0 aliphatic carbocycles. The number of halogens is 3. The minimum atomic E-state index is -0.763. The van der Waals surface area contributed by atoms with Gasteiger partial charge in [0.2, 0.25) is 0 Å². The van der Waals surface area contributed by atoms with Crippen molar-refractivity contribution in [3.63, 3.8) is 0 Å². The Morgan fingerprint density at radius 1 is 1.03 bits per heavy atom. The summed E-state index contributed by atoms with van der Waals surface area (Å²) in [5.74, 6) is -1.52. The van der Waals surface area contributed by atoms with E-state index in [1.54, 1.807) is 50.2 Å². The van der Waals surface area contributed by atoms with E-state index in [1.165, 1.54) is 6.07 Å². The Hall–Kier alpha value is -2.87. The number of carbonyl (C=O) groups excluding carboxylic acids is 3. The van der Waals surface area contributed by atoms with Gasteiger partial charge < -0.3 is 10.1 Å². The maximum Gasteiger partial charge on any atom is 0.339 e. The Bertz CT molecular complexity index is 1210. The van der Waals surface area contributed by atoms with E-state index in [1.807, 2.05) is 0 Å². The lowest BCUT2D eigenvalue weighted by molar-refractivity contribution is -0.123. The van der Waals surface area contributed by atoms with Gasteiger partial charge in [-0.15, -0.1) is 0 Å². The van der Waals surface area contributed by atoms with Crippen molar-refractivity contribution >= 4 is 63.6 Å². The third-order valence-electron chi connectivity index (χ3n) is 4.25. The molecule has 0 spiro atoms. The lowest BCUT2D eigenvalue weighted by Crippen LogP contribution is -2.44. The van der Waals surface area contributed by atoms with Crippen LogP contribution in [0.5, 0.6) is 0 Å². The Balaban J connectivity index is 1.89. The average molecular weight is 495 g/mol. The average Bonchev–Trinajstić information content (AvgIpc) is 2.74. The predicted molar refractivity (Wildman–Crippen MR) is 124 cm³/mol. The van der Waals surface area contributed by atoms with Crippen LogP contribution in [0, 0.1) is 0 Å². The number of ether oxygens (including phenoxy) is 1. The highest BCUT2D eigenvalue weighted by molar-refractivity contribution is 6.49. The van der Waals surface area contributed by atoms with E-state index in [2.05, 4.69) is 15.6 Å². The molecule has 3 aromatic rings. The van der Waals surface area contributed by atoms with E-state index in [4.69, 9.17) is 39.5 Å². The second-order valence-corrected chi connectivity index (χ2v) is 8.21. The lowest BCUT2D eigenvalue weighted by Gasteiger charge is -2.12. The largest absolute Gasteiger partial charge is 0.452 e. The van der Waals surface area contributed by atoms with Crippen molar-refractivity contribution in [1.82, 2.24) is 15.6 Å². The molecule has 0 bridgehead atoms. The molecule has 1 aromatic heterocycles. The van der Waals surface area contributed by atoms with E-state index in [0.717, 1.165) is 0 Å². The molecule has 0 aliphatic heterocycles. The Labute approximate surface area is 199 Å². The van der Waals surface area contributed by atoms with Gasteiger partial charge in [-0.05, 0) is 38.1 Å². The van der Waals surface area contributed by atoms with Crippen LogP contribution in [0.1, 0.15) is 24.2 Å². The fraction of sp³-hybridized carbons (Fsp3) is 0.182. The fourth-order valence-corrected chi connectivity index (χ4v) is 3.51. The molecular formula is C22H18Cl3N3O4. The zero-order valence-electron chi connectivity index (χ0n) is 17.0. The molecule has 3 amide bonds. The number of pyridine rings is 1. The van der Waals surface area contributed by atoms with Gasteiger partial charge in [0.25, 0.3) is 5.91 Å². The maximum atomic E-state index is 12.8. The van der Waals surface area contributed by atoms with Crippen molar-refractivity contribution in [1.29, 1.82) is 0 Å². The lowest BCUT2D eigenvalue weighted by atomic mass is 10.0. The minimum absolute atomic E-state index is 0.153. The van der Waals surface area contributed by atoms with E-state index in [-0.39, 0.29) is 26.7 Å². The van der Waals surface area contributed by atoms with Crippen molar-refractivity contribution in [3.8, 4) is 11.3 Å². The molecule has 2 aromatic carbocycles. The number of hydrogen-bond acceptors (Lipinski definition) is 5. The third kappa shape index (κ3) is 5.48. The topological polar surface area (TPSA) is 97.4 Å². The molecule has 166 valence electrons. The number of nitrogens with zero attached hydrogens (tertiary/aromatic N) is 1. The highest BCUT2D eigenvalue weighted by atomic mass is 35.5. The summed E-state index contributed by atoms with van der Waals surface area (Å²) in [6.07, 6.45) is 0. The van der Waals surface area contributed by atoms with Crippen molar-refractivity contribution in [3.05, 3.63) is 63.1 Å². The molecule has 0 unspecified atom stereocenters. The van der Waals surface area contributed by atoms with E-state index >= 15 is 0 Å². The highest BCUT2D eigenvalue weighted by Crippen LogP contribution is 2.38. The van der Waals surface area contributed by atoms with Crippen molar-refractivity contribution < 1.29 is 19.1 Å². The summed E-state index contributed by atoms with van der Waals surface area (Å²) >= 11 is 18.5. The number of carbonyl (C=O) groups is 3. The minimum Gasteiger partial charge on any atom is -0.452 e. The molecule has 2 N–H and O–H groups in total. The van der Waals surface area contributed by atoms with Gasteiger partial charge >= 0.3 is 12.0 Å². The number of amides is 3. The standard InChI is InChI=1S/C22H18Cl3N3O4/c1-11(2)26-22(31)28-18(29)10-32-21(30)14-9-17(27-16-6-4-3-5-12(14)16)13-7-8-15(23)20(25)19(13)24/h3-9,11H,10H2,1-2H3,(H2,26,28,29,31). The van der Waals surface area contributed by atoms with Crippen LogP contribution in [0.4, 0.5) is 4.79 Å². The van der Waals surface area contributed by atoms with Crippen LogP contribution in [-0.2, 0) is 9.53 Å². The molecule has 0 atom stereocenters. The number of benzene rings is 2. The zero-order valence-corrected chi connectivity index (χ0v) is 19.3. The predicted octanol–water partition coefficient (Wildman–Crippen LogP) is 5.25. The van der Waals surface area contributed by atoms with E-state index in [0.29, 0.717) is 22.2 Å². The third-order valence-corrected chi connectivity index (χ3v) is 5.55. The molecule has 0 fully saturated rings. The molecule has 1 heterocycles. The van der Waals surface area contributed by atoms with E-state index in [9.17, 15) is 14.4 Å². The first kappa shape index (κ1) is 23.8. The van der Waals surface area contributed by atoms with Crippen LogP contribution >= 0.6 is 34.8 Å². The number of urea groups is 1. The number of fused-ring (bicyclic) bond motifs is 1. The Morgan fingerprint density at radius 2 is 1.75 bits per heavy atom. The first-order valence-electron chi connectivity index (χ1n) is 9.48. The number of esters is 1. The van der Waals surface area contributed by atoms with Crippen LogP contribution in [0.3, 0.4) is 0 Å². The first-order chi connectivity index (χ1) is 15.2. The Morgan fingerprint density at radius 3 is 2.47 bits per heavy atom. The van der Waals surface area contributed by atoms with Gasteiger partial charge in [-0.25, -0.2) is 14.6 Å². The van der Waals surface area contributed by atoms with Crippen LogP contribution in [0.15, 0.2) is 42.5 Å². The van der Waals surface area contributed by atoms with Gasteiger partial charge in [0.15, 0.2) is 6.61 Å². The quantitative estimate of drug-likeness (QED) is 0.373. The molecular weight excluding hydrogens is 477 g/mol. The van der Waals surface area contributed by atoms with Crippen LogP contribution < -0.4 is 10.6 Å². The zero-order chi connectivity index (χ0) is 23.4. The van der Waals surface area contributed by atoms with Gasteiger partial charge in [-0.3, -0.25) is 10.1 Å². The number of para-hydroxylation sites is 1. The van der Waals surface area contributed by atoms with Gasteiger partial charge in [0.1, 0.15) is 0 Å². The number of imide groups is 1. The highest BCUT2D eigenvalue weighted by Gasteiger charge is 2.19. The molecule has 32 heavy (non-hydrogen) atoms. The first-order valence-corrected chi connectivity index (χ1v) is 10.6. The van der Waals surface area contributed by atoms with Crippen LogP contribution in [0.25, 0.3) is 22.2 Å².